The van der Waals surface area contributed by atoms with Crippen molar-refractivity contribution in [3.63, 3.8) is 0 Å². The molecule has 1 saturated carbocycles. The number of carbonyl (C=O) groups is 1. The summed E-state index contributed by atoms with van der Waals surface area (Å²) in [6.45, 7) is 2.18. The van der Waals surface area contributed by atoms with E-state index in [1.807, 2.05) is 0 Å². The summed E-state index contributed by atoms with van der Waals surface area (Å²) in [6, 6.07) is 0. The largest absolute Gasteiger partial charge is 0.469 e. The molecule has 0 saturated heterocycles. The van der Waals surface area contributed by atoms with Gasteiger partial charge in [0.1, 0.15) is 0 Å². The maximum atomic E-state index is 11.5. The van der Waals surface area contributed by atoms with Crippen LogP contribution < -0.4 is 0 Å². The summed E-state index contributed by atoms with van der Waals surface area (Å²) < 4.78 is 15.8. The summed E-state index contributed by atoms with van der Waals surface area (Å²) >= 11 is 0. The predicted molar refractivity (Wildman–Crippen MR) is 69.1 cm³/mol. The van der Waals surface area contributed by atoms with E-state index in [-0.39, 0.29) is 5.97 Å². The van der Waals surface area contributed by atoms with Crippen LogP contribution in [-0.2, 0) is 19.0 Å². The molecular formula is C14H26O4. The monoisotopic (exact) mass is 258 g/mol. The molecule has 1 aliphatic rings. The first-order valence-corrected chi connectivity index (χ1v) is 6.78. The molecule has 106 valence electrons. The summed E-state index contributed by atoms with van der Waals surface area (Å²) in [6.07, 6.45) is 5.62. The van der Waals surface area contributed by atoms with Gasteiger partial charge in [-0.3, -0.25) is 4.79 Å². The molecule has 1 aliphatic carbocycles. The molecular weight excluding hydrogens is 232 g/mol. The quantitative estimate of drug-likeness (QED) is 0.520. The van der Waals surface area contributed by atoms with E-state index >= 15 is 0 Å². The van der Waals surface area contributed by atoms with Gasteiger partial charge in [0.25, 0.3) is 0 Å². The summed E-state index contributed by atoms with van der Waals surface area (Å²) in [7, 11) is 4.81. The molecule has 0 aliphatic heterocycles. The smallest absolute Gasteiger partial charge is 0.305 e. The van der Waals surface area contributed by atoms with Gasteiger partial charge in [0.05, 0.1) is 7.11 Å². The molecule has 0 bridgehead atoms. The minimum Gasteiger partial charge on any atom is -0.469 e. The Hall–Kier alpha value is -0.610. The average molecular weight is 258 g/mol. The molecule has 4 heteroatoms. The first kappa shape index (κ1) is 15.4. The lowest BCUT2D eigenvalue weighted by Gasteiger charge is -2.26. The van der Waals surface area contributed by atoms with E-state index in [0.717, 1.165) is 19.3 Å². The molecule has 0 amide bonds. The van der Waals surface area contributed by atoms with Crippen molar-refractivity contribution >= 4 is 5.97 Å². The minimum atomic E-state index is -0.503. The fourth-order valence-electron chi connectivity index (χ4n) is 2.97. The number of rotatable bonds is 7. The predicted octanol–water partition coefficient (Wildman–Crippen LogP) is 2.76. The Morgan fingerprint density at radius 2 is 1.78 bits per heavy atom. The van der Waals surface area contributed by atoms with E-state index in [1.54, 1.807) is 14.2 Å². The molecule has 4 nitrogen and oxygen atoms in total. The number of hydrogen-bond acceptors (Lipinski definition) is 4. The van der Waals surface area contributed by atoms with Crippen LogP contribution in [0.1, 0.15) is 45.4 Å². The molecule has 0 heterocycles. The normalized spacial score (nSPS) is 26.2. The van der Waals surface area contributed by atoms with Gasteiger partial charge in [0, 0.05) is 33.5 Å². The van der Waals surface area contributed by atoms with Crippen molar-refractivity contribution in [2.75, 3.05) is 21.3 Å². The van der Waals surface area contributed by atoms with Crippen molar-refractivity contribution in [3.8, 4) is 0 Å². The lowest BCUT2D eigenvalue weighted by molar-refractivity contribution is -0.204. The fourth-order valence-corrected chi connectivity index (χ4v) is 2.97. The van der Waals surface area contributed by atoms with E-state index < -0.39 is 5.79 Å². The summed E-state index contributed by atoms with van der Waals surface area (Å²) in [5.41, 5.74) is 0. The van der Waals surface area contributed by atoms with Crippen LogP contribution in [0.2, 0.25) is 0 Å². The fraction of sp³-hybridized carbons (Fsp3) is 0.929. The second-order valence-electron chi connectivity index (χ2n) is 5.17. The van der Waals surface area contributed by atoms with Crippen molar-refractivity contribution in [1.29, 1.82) is 0 Å². The number of ether oxygens (including phenoxy) is 3. The van der Waals surface area contributed by atoms with Crippen LogP contribution in [-0.4, -0.2) is 33.1 Å². The van der Waals surface area contributed by atoms with Gasteiger partial charge in [-0.25, -0.2) is 0 Å². The third kappa shape index (κ3) is 3.69. The van der Waals surface area contributed by atoms with E-state index in [9.17, 15) is 4.79 Å². The number of esters is 1. The first-order chi connectivity index (χ1) is 8.60. The Bertz CT molecular complexity index is 261. The summed E-state index contributed by atoms with van der Waals surface area (Å²) in [5.74, 6) is 0.161. The van der Waals surface area contributed by atoms with Gasteiger partial charge in [-0.05, 0) is 18.3 Å². The summed E-state index contributed by atoms with van der Waals surface area (Å²) in [4.78, 5) is 11.5. The number of hydrogen-bond donors (Lipinski definition) is 0. The van der Waals surface area contributed by atoms with Gasteiger partial charge in [-0.15, -0.1) is 0 Å². The SMILES string of the molecule is CCCCC1CC(OC)(OC)CC1CC(=O)OC. The standard InChI is InChI=1S/C14H26O4/c1-5-6-7-11-9-14(17-3,18-4)10-12(11)8-13(15)16-2/h11-12H,5-10H2,1-4H3. The Kier molecular flexibility index (Phi) is 6.09. The van der Waals surface area contributed by atoms with Crippen LogP contribution in [0.4, 0.5) is 0 Å². The number of carbonyl (C=O) groups excluding carboxylic acids is 1. The van der Waals surface area contributed by atoms with E-state index in [2.05, 4.69) is 6.92 Å². The minimum absolute atomic E-state index is 0.135. The maximum absolute atomic E-state index is 11.5. The zero-order valence-electron chi connectivity index (χ0n) is 12.0. The van der Waals surface area contributed by atoms with Gasteiger partial charge in [-0.1, -0.05) is 19.8 Å². The lowest BCUT2D eigenvalue weighted by atomic mass is 9.89. The molecule has 0 aromatic heterocycles. The second-order valence-corrected chi connectivity index (χ2v) is 5.17. The average Bonchev–Trinajstić information content (AvgIpc) is 2.75. The summed E-state index contributed by atoms with van der Waals surface area (Å²) in [5, 5.41) is 0. The molecule has 0 aromatic carbocycles. The third-order valence-electron chi connectivity index (χ3n) is 4.14. The van der Waals surface area contributed by atoms with Gasteiger partial charge in [-0.2, -0.15) is 0 Å². The van der Waals surface area contributed by atoms with Crippen molar-refractivity contribution in [1.82, 2.24) is 0 Å². The molecule has 0 aromatic rings. The Morgan fingerprint density at radius 3 is 2.28 bits per heavy atom. The molecule has 18 heavy (non-hydrogen) atoms. The van der Waals surface area contributed by atoms with Crippen LogP contribution in [0.15, 0.2) is 0 Å². The Morgan fingerprint density at radius 1 is 1.17 bits per heavy atom. The highest BCUT2D eigenvalue weighted by Crippen LogP contribution is 2.45. The zero-order chi connectivity index (χ0) is 13.6. The molecule has 1 fully saturated rings. The Labute approximate surface area is 110 Å². The van der Waals surface area contributed by atoms with Crippen molar-refractivity contribution < 1.29 is 19.0 Å². The third-order valence-corrected chi connectivity index (χ3v) is 4.14. The van der Waals surface area contributed by atoms with Crippen molar-refractivity contribution in [3.05, 3.63) is 0 Å². The Balaban J connectivity index is 2.67. The molecule has 0 radical (unpaired) electrons. The first-order valence-electron chi connectivity index (χ1n) is 6.78. The molecule has 1 rings (SSSR count). The maximum Gasteiger partial charge on any atom is 0.305 e. The number of methoxy groups -OCH3 is 3. The highest BCUT2D eigenvalue weighted by Gasteiger charge is 2.46. The van der Waals surface area contributed by atoms with Crippen LogP contribution >= 0.6 is 0 Å². The van der Waals surface area contributed by atoms with Gasteiger partial charge < -0.3 is 14.2 Å². The topological polar surface area (TPSA) is 44.8 Å². The molecule has 2 unspecified atom stereocenters. The van der Waals surface area contributed by atoms with Gasteiger partial charge in [0.15, 0.2) is 5.79 Å². The van der Waals surface area contributed by atoms with Crippen LogP contribution in [0.3, 0.4) is 0 Å². The van der Waals surface area contributed by atoms with Crippen LogP contribution in [0.5, 0.6) is 0 Å². The van der Waals surface area contributed by atoms with E-state index in [4.69, 9.17) is 14.2 Å². The molecule has 0 spiro atoms. The highest BCUT2D eigenvalue weighted by atomic mass is 16.7. The van der Waals surface area contributed by atoms with Crippen LogP contribution in [0.25, 0.3) is 0 Å². The van der Waals surface area contributed by atoms with E-state index in [0.29, 0.717) is 18.3 Å². The van der Waals surface area contributed by atoms with Crippen LogP contribution in [0, 0.1) is 11.8 Å². The van der Waals surface area contributed by atoms with Gasteiger partial charge >= 0.3 is 5.97 Å². The number of unbranched alkanes of at least 4 members (excludes halogenated alkanes) is 1. The molecule has 0 N–H and O–H groups in total. The zero-order valence-corrected chi connectivity index (χ0v) is 12.0. The second kappa shape index (κ2) is 7.10. The van der Waals surface area contributed by atoms with Crippen molar-refractivity contribution in [2.45, 2.75) is 51.2 Å². The highest BCUT2D eigenvalue weighted by molar-refractivity contribution is 5.69. The lowest BCUT2D eigenvalue weighted by Crippen LogP contribution is -2.30. The van der Waals surface area contributed by atoms with E-state index in [1.165, 1.54) is 20.0 Å². The van der Waals surface area contributed by atoms with Crippen molar-refractivity contribution in [2.24, 2.45) is 11.8 Å². The van der Waals surface area contributed by atoms with Gasteiger partial charge in [0.2, 0.25) is 0 Å². The molecule has 2 atom stereocenters.